The molecule has 0 aliphatic heterocycles. The maximum absolute atomic E-state index is 9.19. The van der Waals surface area contributed by atoms with Gasteiger partial charge in [-0.15, -0.1) is 0 Å². The Bertz CT molecular complexity index is 742. The van der Waals surface area contributed by atoms with Crippen molar-refractivity contribution in [3.8, 4) is 17.6 Å². The van der Waals surface area contributed by atoms with Crippen LogP contribution in [0.3, 0.4) is 0 Å². The van der Waals surface area contributed by atoms with Crippen LogP contribution >= 0.6 is 15.9 Å². The number of methoxy groups -OCH3 is 1. The standard InChI is InChI=1S/C19H20BrNO2/c1-19(2,3)16-9-15(22-4)10-17(20)18(16)23-12-14-8-6-5-7-13(14)11-21/h5-10H,12H2,1-4H3. The first-order chi connectivity index (χ1) is 10.9. The predicted molar refractivity (Wildman–Crippen MR) is 94.9 cm³/mol. The molecule has 0 amide bonds. The van der Waals surface area contributed by atoms with Gasteiger partial charge < -0.3 is 9.47 Å². The molecule has 4 heteroatoms. The fraction of sp³-hybridized carbons (Fsp3) is 0.316. The molecule has 0 saturated heterocycles. The van der Waals surface area contributed by atoms with Gasteiger partial charge in [0.1, 0.15) is 18.1 Å². The number of benzene rings is 2. The van der Waals surface area contributed by atoms with Crippen LogP contribution in [0.25, 0.3) is 0 Å². The van der Waals surface area contributed by atoms with Gasteiger partial charge in [0.15, 0.2) is 0 Å². The highest BCUT2D eigenvalue weighted by atomic mass is 79.9. The lowest BCUT2D eigenvalue weighted by Gasteiger charge is -2.24. The SMILES string of the molecule is COc1cc(Br)c(OCc2ccccc2C#N)c(C(C)(C)C)c1. The minimum Gasteiger partial charge on any atom is -0.497 e. The Labute approximate surface area is 146 Å². The summed E-state index contributed by atoms with van der Waals surface area (Å²) in [7, 11) is 1.65. The smallest absolute Gasteiger partial charge is 0.137 e. The summed E-state index contributed by atoms with van der Waals surface area (Å²) in [6, 6.07) is 13.6. The Balaban J connectivity index is 2.38. The molecule has 0 aliphatic carbocycles. The Hall–Kier alpha value is -1.99. The number of rotatable bonds is 4. The molecule has 0 saturated carbocycles. The van der Waals surface area contributed by atoms with Gasteiger partial charge in [0, 0.05) is 11.1 Å². The van der Waals surface area contributed by atoms with E-state index in [4.69, 9.17) is 9.47 Å². The van der Waals surface area contributed by atoms with Crippen LogP contribution in [0.2, 0.25) is 0 Å². The first kappa shape index (κ1) is 17.4. The lowest BCUT2D eigenvalue weighted by Crippen LogP contribution is -2.14. The Kier molecular flexibility index (Phi) is 5.33. The average Bonchev–Trinajstić information content (AvgIpc) is 2.52. The summed E-state index contributed by atoms with van der Waals surface area (Å²) in [5, 5.41) is 9.19. The fourth-order valence-electron chi connectivity index (χ4n) is 2.30. The third-order valence-electron chi connectivity index (χ3n) is 3.57. The summed E-state index contributed by atoms with van der Waals surface area (Å²) in [5.74, 6) is 1.57. The van der Waals surface area contributed by atoms with Gasteiger partial charge in [-0.2, -0.15) is 5.26 Å². The Morgan fingerprint density at radius 2 is 1.87 bits per heavy atom. The zero-order valence-electron chi connectivity index (χ0n) is 13.8. The van der Waals surface area contributed by atoms with E-state index in [1.54, 1.807) is 13.2 Å². The van der Waals surface area contributed by atoms with Crippen LogP contribution in [0, 0.1) is 11.3 Å². The Morgan fingerprint density at radius 1 is 1.17 bits per heavy atom. The van der Waals surface area contributed by atoms with Gasteiger partial charge in [-0.1, -0.05) is 39.0 Å². The lowest BCUT2D eigenvalue weighted by atomic mass is 9.86. The zero-order chi connectivity index (χ0) is 17.0. The molecule has 0 N–H and O–H groups in total. The lowest BCUT2D eigenvalue weighted by molar-refractivity contribution is 0.294. The van der Waals surface area contributed by atoms with Gasteiger partial charge in [0.05, 0.1) is 23.2 Å². The van der Waals surface area contributed by atoms with Gasteiger partial charge in [0.25, 0.3) is 0 Å². The maximum Gasteiger partial charge on any atom is 0.137 e. The van der Waals surface area contributed by atoms with E-state index in [2.05, 4.69) is 42.8 Å². The number of ether oxygens (including phenoxy) is 2. The highest BCUT2D eigenvalue weighted by molar-refractivity contribution is 9.10. The maximum atomic E-state index is 9.19. The van der Waals surface area contributed by atoms with E-state index in [1.807, 2.05) is 30.3 Å². The molecule has 0 aromatic heterocycles. The van der Waals surface area contributed by atoms with E-state index in [0.717, 1.165) is 27.1 Å². The van der Waals surface area contributed by atoms with Crippen molar-refractivity contribution in [2.24, 2.45) is 0 Å². The van der Waals surface area contributed by atoms with Crippen molar-refractivity contribution in [1.82, 2.24) is 0 Å². The Morgan fingerprint density at radius 3 is 2.48 bits per heavy atom. The van der Waals surface area contributed by atoms with Crippen LogP contribution in [-0.4, -0.2) is 7.11 Å². The van der Waals surface area contributed by atoms with Crippen molar-refractivity contribution in [1.29, 1.82) is 5.26 Å². The molecule has 2 aromatic rings. The predicted octanol–water partition coefficient (Wildman–Crippen LogP) is 5.21. The van der Waals surface area contributed by atoms with Gasteiger partial charge in [0.2, 0.25) is 0 Å². The number of hydrogen-bond donors (Lipinski definition) is 0. The van der Waals surface area contributed by atoms with Crippen molar-refractivity contribution < 1.29 is 9.47 Å². The molecule has 3 nitrogen and oxygen atoms in total. The second-order valence-corrected chi connectivity index (χ2v) is 7.15. The quantitative estimate of drug-likeness (QED) is 0.738. The molecule has 0 aliphatic rings. The molecule has 0 radical (unpaired) electrons. The molecule has 2 rings (SSSR count). The molecule has 0 atom stereocenters. The summed E-state index contributed by atoms with van der Waals surface area (Å²) >= 11 is 3.57. The van der Waals surface area contributed by atoms with Crippen LogP contribution in [0.4, 0.5) is 0 Å². The van der Waals surface area contributed by atoms with Crippen molar-refractivity contribution in [2.75, 3.05) is 7.11 Å². The summed E-state index contributed by atoms with van der Waals surface area (Å²) in [6.07, 6.45) is 0. The first-order valence-corrected chi connectivity index (χ1v) is 8.15. The third-order valence-corrected chi connectivity index (χ3v) is 4.16. The topological polar surface area (TPSA) is 42.2 Å². The first-order valence-electron chi connectivity index (χ1n) is 7.35. The van der Waals surface area contributed by atoms with Gasteiger partial charge in [-0.3, -0.25) is 0 Å². The molecular weight excluding hydrogens is 354 g/mol. The van der Waals surface area contributed by atoms with E-state index < -0.39 is 0 Å². The minimum atomic E-state index is -0.0961. The molecule has 0 spiro atoms. The average molecular weight is 374 g/mol. The van der Waals surface area contributed by atoms with Crippen molar-refractivity contribution in [2.45, 2.75) is 32.8 Å². The second-order valence-electron chi connectivity index (χ2n) is 6.29. The second kappa shape index (κ2) is 7.06. The third kappa shape index (κ3) is 4.05. The van der Waals surface area contributed by atoms with Gasteiger partial charge in [-0.05, 0) is 39.5 Å². The number of halogens is 1. The van der Waals surface area contributed by atoms with Gasteiger partial charge in [-0.25, -0.2) is 0 Å². The molecule has 0 unspecified atom stereocenters. The van der Waals surface area contributed by atoms with Crippen LogP contribution in [0.15, 0.2) is 40.9 Å². The molecule has 0 heterocycles. The number of nitrogens with zero attached hydrogens (tertiary/aromatic N) is 1. The van der Waals surface area contributed by atoms with E-state index in [0.29, 0.717) is 12.2 Å². The van der Waals surface area contributed by atoms with Crippen molar-refractivity contribution >= 4 is 15.9 Å². The summed E-state index contributed by atoms with van der Waals surface area (Å²) in [5.41, 5.74) is 2.46. The summed E-state index contributed by atoms with van der Waals surface area (Å²) in [6.45, 7) is 6.73. The number of hydrogen-bond acceptors (Lipinski definition) is 3. The zero-order valence-corrected chi connectivity index (χ0v) is 15.4. The van der Waals surface area contributed by atoms with Crippen molar-refractivity contribution in [3.05, 3.63) is 57.6 Å². The molecule has 2 aromatic carbocycles. The van der Waals surface area contributed by atoms with Crippen LogP contribution in [0.5, 0.6) is 11.5 Å². The number of nitriles is 1. The van der Waals surface area contributed by atoms with E-state index in [9.17, 15) is 5.26 Å². The van der Waals surface area contributed by atoms with Crippen molar-refractivity contribution in [3.63, 3.8) is 0 Å². The molecular formula is C19H20BrNO2. The van der Waals surface area contributed by atoms with E-state index in [1.165, 1.54) is 0 Å². The van der Waals surface area contributed by atoms with Crippen LogP contribution in [-0.2, 0) is 12.0 Å². The molecule has 23 heavy (non-hydrogen) atoms. The minimum absolute atomic E-state index is 0.0961. The van der Waals surface area contributed by atoms with E-state index in [-0.39, 0.29) is 5.41 Å². The van der Waals surface area contributed by atoms with Crippen LogP contribution < -0.4 is 9.47 Å². The highest BCUT2D eigenvalue weighted by Crippen LogP contribution is 2.40. The monoisotopic (exact) mass is 373 g/mol. The van der Waals surface area contributed by atoms with Gasteiger partial charge >= 0.3 is 0 Å². The summed E-state index contributed by atoms with van der Waals surface area (Å²) < 4.78 is 12.3. The largest absolute Gasteiger partial charge is 0.497 e. The highest BCUT2D eigenvalue weighted by Gasteiger charge is 2.23. The summed E-state index contributed by atoms with van der Waals surface area (Å²) in [4.78, 5) is 0. The molecule has 120 valence electrons. The fourth-order valence-corrected chi connectivity index (χ4v) is 2.85. The molecule has 0 fully saturated rings. The molecule has 0 bridgehead atoms. The normalized spacial score (nSPS) is 11.0. The van der Waals surface area contributed by atoms with Crippen LogP contribution in [0.1, 0.15) is 37.5 Å². The van der Waals surface area contributed by atoms with E-state index >= 15 is 0 Å².